The van der Waals surface area contributed by atoms with E-state index >= 15 is 0 Å². The molecule has 0 radical (unpaired) electrons. The zero-order valence-electron chi connectivity index (χ0n) is 16.1. The second-order valence-electron chi connectivity index (χ2n) is 7.28. The molecule has 7 heteroatoms. The molecule has 1 amide bonds. The SMILES string of the molecule is CC(C)S(=O)(=O)c1ccccc1C(=O)Nc1sc2c(c1C#N)CCCCCC2. The number of carbonyl (C=O) groups is 1. The third-order valence-corrected chi connectivity index (χ3v) is 8.49. The summed E-state index contributed by atoms with van der Waals surface area (Å²) in [4.78, 5) is 14.1. The first-order valence-electron chi connectivity index (χ1n) is 9.55. The normalized spacial score (nSPS) is 14.6. The summed E-state index contributed by atoms with van der Waals surface area (Å²) < 4.78 is 25.3. The van der Waals surface area contributed by atoms with Crippen LogP contribution in [0.15, 0.2) is 29.2 Å². The second-order valence-corrected chi connectivity index (χ2v) is 10.9. The number of thiophene rings is 1. The number of fused-ring (bicyclic) bond motifs is 1. The molecule has 0 unspecified atom stereocenters. The fraction of sp³-hybridized carbons (Fsp3) is 0.429. The van der Waals surface area contributed by atoms with E-state index in [1.54, 1.807) is 26.0 Å². The number of carbonyl (C=O) groups excluding carboxylic acids is 1. The van der Waals surface area contributed by atoms with E-state index in [2.05, 4.69) is 11.4 Å². The molecule has 1 N–H and O–H groups in total. The number of amides is 1. The molecule has 0 bridgehead atoms. The van der Waals surface area contributed by atoms with Crippen LogP contribution in [0.2, 0.25) is 0 Å². The van der Waals surface area contributed by atoms with E-state index in [1.807, 2.05) is 0 Å². The molecule has 0 atom stereocenters. The maximum atomic E-state index is 12.9. The van der Waals surface area contributed by atoms with Crippen molar-refractivity contribution in [2.45, 2.75) is 62.5 Å². The summed E-state index contributed by atoms with van der Waals surface area (Å²) in [6, 6.07) is 8.49. The molecular formula is C21H24N2O3S2. The van der Waals surface area contributed by atoms with Crippen LogP contribution >= 0.6 is 11.3 Å². The molecule has 1 heterocycles. The molecule has 1 aromatic carbocycles. The number of aryl methyl sites for hydroxylation is 1. The summed E-state index contributed by atoms with van der Waals surface area (Å²) >= 11 is 1.45. The zero-order chi connectivity index (χ0) is 20.3. The van der Waals surface area contributed by atoms with Gasteiger partial charge in [-0.3, -0.25) is 4.79 Å². The van der Waals surface area contributed by atoms with Crippen molar-refractivity contribution in [1.29, 1.82) is 5.26 Å². The van der Waals surface area contributed by atoms with E-state index in [0.29, 0.717) is 10.6 Å². The number of hydrogen-bond acceptors (Lipinski definition) is 5. The van der Waals surface area contributed by atoms with Gasteiger partial charge in [-0.1, -0.05) is 25.0 Å². The van der Waals surface area contributed by atoms with Crippen molar-refractivity contribution >= 4 is 32.1 Å². The van der Waals surface area contributed by atoms with E-state index in [9.17, 15) is 18.5 Å². The van der Waals surface area contributed by atoms with Gasteiger partial charge in [0.2, 0.25) is 0 Å². The highest BCUT2D eigenvalue weighted by Gasteiger charge is 2.27. The van der Waals surface area contributed by atoms with Crippen LogP contribution < -0.4 is 5.32 Å². The van der Waals surface area contributed by atoms with Crippen LogP contribution in [0.5, 0.6) is 0 Å². The summed E-state index contributed by atoms with van der Waals surface area (Å²) in [6.07, 6.45) is 6.23. The predicted octanol–water partition coefficient (Wildman–Crippen LogP) is 4.71. The van der Waals surface area contributed by atoms with Crippen molar-refractivity contribution in [3.8, 4) is 6.07 Å². The maximum absolute atomic E-state index is 12.9. The van der Waals surface area contributed by atoms with Crippen molar-refractivity contribution in [3.63, 3.8) is 0 Å². The summed E-state index contributed by atoms with van der Waals surface area (Å²) in [5.41, 5.74) is 1.69. The molecule has 148 valence electrons. The van der Waals surface area contributed by atoms with Crippen molar-refractivity contribution < 1.29 is 13.2 Å². The largest absolute Gasteiger partial charge is 0.312 e. The summed E-state index contributed by atoms with van der Waals surface area (Å²) in [7, 11) is -3.59. The van der Waals surface area contributed by atoms with Gasteiger partial charge in [-0.25, -0.2) is 8.42 Å². The van der Waals surface area contributed by atoms with Crippen molar-refractivity contribution in [3.05, 3.63) is 45.8 Å². The number of nitriles is 1. The summed E-state index contributed by atoms with van der Waals surface area (Å²) in [5.74, 6) is -0.495. The van der Waals surface area contributed by atoms with Gasteiger partial charge >= 0.3 is 0 Å². The molecule has 0 aliphatic heterocycles. The highest BCUT2D eigenvalue weighted by atomic mass is 32.2. The Morgan fingerprint density at radius 1 is 1.14 bits per heavy atom. The van der Waals surface area contributed by atoms with Gasteiger partial charge in [-0.15, -0.1) is 11.3 Å². The number of rotatable bonds is 4. The minimum atomic E-state index is -3.59. The topological polar surface area (TPSA) is 87.0 Å². The second kappa shape index (κ2) is 8.46. The third-order valence-electron chi connectivity index (χ3n) is 5.07. The van der Waals surface area contributed by atoms with Gasteiger partial charge in [0.05, 0.1) is 21.3 Å². The first kappa shape index (κ1) is 20.6. The number of sulfone groups is 1. The Bertz CT molecular complexity index is 1030. The van der Waals surface area contributed by atoms with Crippen LogP contribution in [0.25, 0.3) is 0 Å². The molecule has 0 spiro atoms. The summed E-state index contributed by atoms with van der Waals surface area (Å²) in [5, 5.41) is 12.4. The fourth-order valence-corrected chi connectivity index (χ4v) is 5.93. The average molecular weight is 417 g/mol. The van der Waals surface area contributed by atoms with Crippen molar-refractivity contribution in [2.75, 3.05) is 5.32 Å². The first-order chi connectivity index (χ1) is 13.4. The van der Waals surface area contributed by atoms with Gasteiger partial charge in [0, 0.05) is 4.88 Å². The zero-order valence-corrected chi connectivity index (χ0v) is 17.8. The summed E-state index contributed by atoms with van der Waals surface area (Å²) in [6.45, 7) is 3.19. The number of nitrogens with zero attached hydrogens (tertiary/aromatic N) is 1. The lowest BCUT2D eigenvalue weighted by Gasteiger charge is -2.12. The van der Waals surface area contributed by atoms with E-state index in [4.69, 9.17) is 0 Å². The average Bonchev–Trinajstić information content (AvgIpc) is 2.96. The minimum Gasteiger partial charge on any atom is -0.312 e. The Hall–Kier alpha value is -2.17. The lowest BCUT2D eigenvalue weighted by atomic mass is 9.97. The fourth-order valence-electron chi connectivity index (χ4n) is 3.45. The molecule has 1 aromatic heterocycles. The molecule has 0 saturated carbocycles. The Kier molecular flexibility index (Phi) is 6.21. The van der Waals surface area contributed by atoms with Crippen molar-refractivity contribution in [1.82, 2.24) is 0 Å². The standard InChI is InChI=1S/C21H24N2O3S2/c1-14(2)28(25,26)19-12-8-7-10-16(19)20(24)23-21-17(13-22)15-9-5-3-4-6-11-18(15)27-21/h7-8,10,12,14H,3-6,9,11H2,1-2H3,(H,23,24). The van der Waals surface area contributed by atoms with Crippen LogP contribution in [-0.4, -0.2) is 19.6 Å². The highest BCUT2D eigenvalue weighted by molar-refractivity contribution is 7.92. The molecule has 1 aliphatic carbocycles. The molecule has 5 nitrogen and oxygen atoms in total. The molecule has 0 fully saturated rings. The molecule has 2 aromatic rings. The van der Waals surface area contributed by atoms with E-state index < -0.39 is 21.0 Å². The lowest BCUT2D eigenvalue weighted by molar-refractivity contribution is 0.102. The first-order valence-corrected chi connectivity index (χ1v) is 11.9. The minimum absolute atomic E-state index is 0.0240. The van der Waals surface area contributed by atoms with Gasteiger partial charge in [-0.2, -0.15) is 5.26 Å². The van der Waals surface area contributed by atoms with Gasteiger partial charge in [0.1, 0.15) is 11.1 Å². The molecule has 1 aliphatic rings. The Morgan fingerprint density at radius 2 is 1.82 bits per heavy atom. The highest BCUT2D eigenvalue weighted by Crippen LogP contribution is 2.37. The lowest BCUT2D eigenvalue weighted by Crippen LogP contribution is -2.20. The molecular weight excluding hydrogens is 392 g/mol. The van der Waals surface area contributed by atoms with Crippen LogP contribution in [0.3, 0.4) is 0 Å². The maximum Gasteiger partial charge on any atom is 0.257 e. The number of benzene rings is 1. The quantitative estimate of drug-likeness (QED) is 0.782. The number of nitrogens with one attached hydrogen (secondary N) is 1. The van der Waals surface area contributed by atoms with Crippen molar-refractivity contribution in [2.24, 2.45) is 0 Å². The Morgan fingerprint density at radius 3 is 2.50 bits per heavy atom. The van der Waals surface area contributed by atoms with Gasteiger partial charge < -0.3 is 5.32 Å². The van der Waals surface area contributed by atoms with E-state index in [-0.39, 0.29) is 10.5 Å². The van der Waals surface area contributed by atoms with Crippen LogP contribution in [0.1, 0.15) is 65.9 Å². The van der Waals surface area contributed by atoms with Gasteiger partial charge in [0.25, 0.3) is 5.91 Å². The van der Waals surface area contributed by atoms with Crippen LogP contribution in [0, 0.1) is 11.3 Å². The monoisotopic (exact) mass is 416 g/mol. The molecule has 3 rings (SSSR count). The van der Waals surface area contributed by atoms with Crippen LogP contribution in [0.4, 0.5) is 5.00 Å². The number of hydrogen-bond donors (Lipinski definition) is 1. The Balaban J connectivity index is 1.97. The van der Waals surface area contributed by atoms with Crippen LogP contribution in [-0.2, 0) is 22.7 Å². The van der Waals surface area contributed by atoms with Gasteiger partial charge in [0.15, 0.2) is 9.84 Å². The van der Waals surface area contributed by atoms with Gasteiger partial charge in [-0.05, 0) is 57.2 Å². The van der Waals surface area contributed by atoms with E-state index in [1.165, 1.54) is 29.9 Å². The molecule has 0 saturated heterocycles. The predicted molar refractivity (Wildman–Crippen MR) is 112 cm³/mol. The smallest absolute Gasteiger partial charge is 0.257 e. The molecule has 28 heavy (non-hydrogen) atoms. The van der Waals surface area contributed by atoms with E-state index in [0.717, 1.165) is 42.5 Å². The third kappa shape index (κ3) is 3.98. The number of anilines is 1. The Labute approximate surface area is 170 Å².